The molecule has 1 aliphatic rings. The Morgan fingerprint density at radius 1 is 0.925 bits per heavy atom. The van der Waals surface area contributed by atoms with Crippen molar-refractivity contribution in [3.05, 3.63) is 89.5 Å². The monoisotopic (exact) mass is 776 g/mol. The van der Waals surface area contributed by atoms with E-state index in [1.807, 2.05) is 50.4 Å². The van der Waals surface area contributed by atoms with E-state index >= 15 is 0 Å². The second-order valence-corrected chi connectivity index (χ2v) is 16.3. The van der Waals surface area contributed by atoms with Crippen LogP contribution in [0.5, 0.6) is 0 Å². The van der Waals surface area contributed by atoms with Crippen LogP contribution >= 0.6 is 11.8 Å². The van der Waals surface area contributed by atoms with Crippen LogP contribution in [-0.2, 0) is 32.5 Å². The molecular weight excluding hydrogens is 719 g/mol. The van der Waals surface area contributed by atoms with E-state index in [2.05, 4.69) is 42.5 Å². The van der Waals surface area contributed by atoms with Gasteiger partial charge in [-0.25, -0.2) is 17.3 Å². The third-order valence-electron chi connectivity index (χ3n) is 7.91. The number of nitrogens with two attached hydrogens (primary N) is 2. The molecule has 2 amide bonds. The zero-order valence-corrected chi connectivity index (χ0v) is 33.6. The summed E-state index contributed by atoms with van der Waals surface area (Å²) in [5.41, 5.74) is 11.8. The lowest BCUT2D eigenvalue weighted by Gasteiger charge is -2.30. The summed E-state index contributed by atoms with van der Waals surface area (Å²) in [5, 5.41) is 20.0. The van der Waals surface area contributed by atoms with Crippen molar-refractivity contribution in [3.8, 4) is 0 Å². The van der Waals surface area contributed by atoms with Crippen molar-refractivity contribution in [2.24, 2.45) is 17.6 Å². The number of nitrogen functional groups attached to an aromatic ring is 1. The van der Waals surface area contributed by atoms with Crippen molar-refractivity contribution < 1.29 is 27.7 Å². The SMILES string of the molecule is CC(C)C.CN.CSc1cc(S(=O)N(CC(C)C)C[C@@H](O)[C@H](Cc2ccccc2)NC(=O)CNC(=O)CNC2(c3cc(F)cc(F)c3)CC2)ccc1N. The number of halogens is 2. The summed E-state index contributed by atoms with van der Waals surface area (Å²) in [6.45, 7) is 10.4. The molecule has 14 heteroatoms. The van der Waals surface area contributed by atoms with Crippen LogP contribution in [-0.4, -0.2) is 77.1 Å². The van der Waals surface area contributed by atoms with Gasteiger partial charge in [0.1, 0.15) is 22.6 Å². The van der Waals surface area contributed by atoms with E-state index < -0.39 is 52.1 Å². The Morgan fingerprint density at radius 2 is 1.53 bits per heavy atom. The van der Waals surface area contributed by atoms with Crippen molar-refractivity contribution >= 4 is 40.2 Å². The predicted octanol–water partition coefficient (Wildman–Crippen LogP) is 4.97. The molecule has 3 atom stereocenters. The number of nitrogens with one attached hydrogen (secondary N) is 3. The van der Waals surface area contributed by atoms with E-state index in [1.54, 1.807) is 22.5 Å². The fourth-order valence-electron chi connectivity index (χ4n) is 5.32. The highest BCUT2D eigenvalue weighted by Crippen LogP contribution is 2.45. The summed E-state index contributed by atoms with van der Waals surface area (Å²) in [5.74, 6) is -1.37. The number of amides is 2. The average Bonchev–Trinajstić information content (AvgIpc) is 3.91. The number of aliphatic hydroxyl groups excluding tert-OH is 1. The van der Waals surface area contributed by atoms with Gasteiger partial charge in [-0.15, -0.1) is 11.8 Å². The molecule has 3 aromatic rings. The topological polar surface area (TPSA) is 163 Å². The number of hydrogen-bond acceptors (Lipinski definition) is 8. The van der Waals surface area contributed by atoms with Crippen molar-refractivity contribution in [2.45, 2.75) is 81.4 Å². The minimum absolute atomic E-state index is 0.0145. The number of anilines is 1. The lowest BCUT2D eigenvalue weighted by Crippen LogP contribution is -2.52. The van der Waals surface area contributed by atoms with E-state index in [9.17, 15) is 27.7 Å². The summed E-state index contributed by atoms with van der Waals surface area (Å²) in [6.07, 6.45) is 2.34. The van der Waals surface area contributed by atoms with Gasteiger partial charge in [-0.2, -0.15) is 0 Å². The van der Waals surface area contributed by atoms with Crippen molar-refractivity contribution in [2.75, 3.05) is 45.2 Å². The summed E-state index contributed by atoms with van der Waals surface area (Å²) in [7, 11) is -0.103. The molecule has 294 valence electrons. The Morgan fingerprint density at radius 3 is 2.08 bits per heavy atom. The molecule has 0 bridgehead atoms. The molecule has 3 aromatic carbocycles. The summed E-state index contributed by atoms with van der Waals surface area (Å²) in [6, 6.07) is 17.2. The fraction of sp³-hybridized carbons (Fsp3) is 0.487. The van der Waals surface area contributed by atoms with E-state index in [0.717, 1.165) is 22.4 Å². The Kier molecular flexibility index (Phi) is 19.6. The molecule has 8 N–H and O–H groups in total. The second-order valence-electron chi connectivity index (χ2n) is 13.9. The van der Waals surface area contributed by atoms with Gasteiger partial charge < -0.3 is 27.2 Å². The van der Waals surface area contributed by atoms with Gasteiger partial charge in [-0.3, -0.25) is 14.9 Å². The van der Waals surface area contributed by atoms with Crippen LogP contribution in [0.4, 0.5) is 14.5 Å². The maximum atomic E-state index is 13.7. The second kappa shape index (κ2) is 22.7. The van der Waals surface area contributed by atoms with Crippen LogP contribution in [0.15, 0.2) is 76.5 Å². The predicted molar refractivity (Wildman–Crippen MR) is 212 cm³/mol. The molecule has 1 aliphatic carbocycles. The van der Waals surface area contributed by atoms with Gasteiger partial charge in [0, 0.05) is 35.3 Å². The van der Waals surface area contributed by atoms with Crippen LogP contribution < -0.4 is 27.4 Å². The quantitative estimate of drug-likeness (QED) is 0.0828. The number of hydrogen-bond donors (Lipinski definition) is 6. The minimum atomic E-state index is -1.60. The summed E-state index contributed by atoms with van der Waals surface area (Å²) < 4.78 is 42.9. The van der Waals surface area contributed by atoms with Gasteiger partial charge in [-0.05, 0) is 85.9 Å². The summed E-state index contributed by atoms with van der Waals surface area (Å²) in [4.78, 5) is 27.0. The van der Waals surface area contributed by atoms with Gasteiger partial charge in [-0.1, -0.05) is 65.0 Å². The van der Waals surface area contributed by atoms with E-state index in [-0.39, 0.29) is 25.6 Å². The Hall–Kier alpha value is -3.40. The molecule has 0 aliphatic heterocycles. The normalized spacial score (nSPS) is 14.7. The molecule has 0 heterocycles. The van der Waals surface area contributed by atoms with Crippen LogP contribution in [0, 0.1) is 23.5 Å². The van der Waals surface area contributed by atoms with Crippen LogP contribution in [0.1, 0.15) is 58.6 Å². The lowest BCUT2D eigenvalue weighted by molar-refractivity contribution is -0.126. The van der Waals surface area contributed by atoms with Gasteiger partial charge in [0.25, 0.3) is 0 Å². The van der Waals surface area contributed by atoms with Gasteiger partial charge in [0.15, 0.2) is 0 Å². The van der Waals surface area contributed by atoms with Gasteiger partial charge in [0.2, 0.25) is 11.8 Å². The van der Waals surface area contributed by atoms with Gasteiger partial charge >= 0.3 is 0 Å². The van der Waals surface area contributed by atoms with E-state index in [4.69, 9.17) is 5.73 Å². The third-order valence-corrected chi connectivity index (χ3v) is 10.1. The molecule has 0 radical (unpaired) electrons. The maximum Gasteiger partial charge on any atom is 0.239 e. The first kappa shape index (κ1) is 45.8. The number of nitrogens with zero attached hydrogens (tertiary/aromatic N) is 1. The molecule has 0 spiro atoms. The fourth-order valence-corrected chi connectivity index (χ4v) is 7.37. The first-order chi connectivity index (χ1) is 25.1. The first-order valence-electron chi connectivity index (χ1n) is 17.8. The van der Waals surface area contributed by atoms with Crippen molar-refractivity contribution in [1.82, 2.24) is 20.3 Å². The third kappa shape index (κ3) is 15.8. The number of rotatable bonds is 17. The number of aliphatic hydroxyl groups is 1. The molecular formula is C39H58F2N6O4S2. The highest BCUT2D eigenvalue weighted by Gasteiger charge is 2.44. The number of benzene rings is 3. The highest BCUT2D eigenvalue weighted by atomic mass is 32.2. The lowest BCUT2D eigenvalue weighted by atomic mass is 10.0. The largest absolute Gasteiger partial charge is 0.398 e. The van der Waals surface area contributed by atoms with Crippen molar-refractivity contribution in [3.63, 3.8) is 0 Å². The van der Waals surface area contributed by atoms with E-state index in [0.29, 0.717) is 42.0 Å². The minimum Gasteiger partial charge on any atom is -0.398 e. The number of carbonyl (C=O) groups is 2. The Labute approximate surface area is 320 Å². The van der Waals surface area contributed by atoms with Crippen LogP contribution in [0.3, 0.4) is 0 Å². The summed E-state index contributed by atoms with van der Waals surface area (Å²) >= 11 is 1.46. The number of carbonyl (C=O) groups excluding carboxylic acids is 2. The molecule has 10 nitrogen and oxygen atoms in total. The number of thioether (sulfide) groups is 1. The van der Waals surface area contributed by atoms with Crippen molar-refractivity contribution in [1.29, 1.82) is 0 Å². The Balaban J connectivity index is 0.00000151. The zero-order chi connectivity index (χ0) is 39.7. The smallest absolute Gasteiger partial charge is 0.239 e. The van der Waals surface area contributed by atoms with Gasteiger partial charge in [0.05, 0.1) is 30.1 Å². The zero-order valence-electron chi connectivity index (χ0n) is 32.0. The molecule has 1 fully saturated rings. The Bertz CT molecular complexity index is 1590. The molecule has 0 aromatic heterocycles. The molecule has 1 unspecified atom stereocenters. The maximum absolute atomic E-state index is 13.7. The van der Waals surface area contributed by atoms with Crippen LogP contribution in [0.25, 0.3) is 0 Å². The highest BCUT2D eigenvalue weighted by molar-refractivity contribution is 7.98. The first-order valence-corrected chi connectivity index (χ1v) is 20.1. The molecule has 4 rings (SSSR count). The standard InChI is InChI=1S/C34H43F2N5O4S2.C4H10.CH5N/c1-22(2)20-41(47(45)27-9-10-28(37)31(17-27)46-3)21-30(42)29(13-23-7-5-4-6-8-23)40-33(44)18-38-32(43)19-39-34(11-12-34)24-14-25(35)16-26(36)15-24;1-4(2)3;1-2/h4-10,14-17,22,29-30,39,42H,11-13,18-21,37H2,1-3H3,(H,38,43)(H,40,44);4H,1-3H3;2H2,1H3/t29-,30+,47?;;/m0../s1. The molecule has 0 saturated heterocycles. The average molecular weight is 777 g/mol. The van der Waals surface area contributed by atoms with Crippen LogP contribution in [0.2, 0.25) is 0 Å². The molecule has 1 saturated carbocycles. The van der Waals surface area contributed by atoms with E-state index in [1.165, 1.54) is 30.9 Å². The molecule has 53 heavy (non-hydrogen) atoms.